The van der Waals surface area contributed by atoms with E-state index in [2.05, 4.69) is 10.6 Å². The van der Waals surface area contributed by atoms with Gasteiger partial charge in [-0.1, -0.05) is 24.3 Å². The maximum Gasteiger partial charge on any atom is 0.246 e. The minimum atomic E-state index is -0.540. The molecular weight excluding hydrogens is 336 g/mol. The summed E-state index contributed by atoms with van der Waals surface area (Å²) in [6.07, 6.45) is 0. The number of para-hydroxylation sites is 2. The van der Waals surface area contributed by atoms with E-state index < -0.39 is 11.9 Å². The Morgan fingerprint density at radius 1 is 1.16 bits per heavy atom. The molecule has 2 amide bonds. The number of hydrogen-bond acceptors (Lipinski definition) is 5. The van der Waals surface area contributed by atoms with Crippen molar-refractivity contribution >= 4 is 35.0 Å². The molecule has 2 aromatic rings. The van der Waals surface area contributed by atoms with Crippen molar-refractivity contribution in [3.05, 3.63) is 54.1 Å². The summed E-state index contributed by atoms with van der Waals surface area (Å²) in [7, 11) is 0. The highest BCUT2D eigenvalue weighted by atomic mass is 32.2. The van der Waals surface area contributed by atoms with Crippen LogP contribution in [0.1, 0.15) is 12.5 Å². The molecule has 25 heavy (non-hydrogen) atoms. The number of amides is 2. The highest BCUT2D eigenvalue weighted by Gasteiger charge is 2.16. The normalized spacial score (nSPS) is 11.2. The summed E-state index contributed by atoms with van der Waals surface area (Å²) in [6, 6.07) is 15.7. The summed E-state index contributed by atoms with van der Waals surface area (Å²) in [5.41, 5.74) is 6.80. The number of nitrogens with two attached hydrogens (primary N) is 1. The van der Waals surface area contributed by atoms with Crippen LogP contribution in [0.2, 0.25) is 0 Å². The number of carbonyl (C=O) groups excluding carboxylic acids is 2. The zero-order chi connectivity index (χ0) is 18.2. The maximum atomic E-state index is 12.4. The third-order valence-corrected chi connectivity index (χ3v) is 4.42. The molecule has 0 saturated carbocycles. The van der Waals surface area contributed by atoms with Crippen molar-refractivity contribution in [3.8, 4) is 6.07 Å². The fourth-order valence-corrected chi connectivity index (χ4v) is 2.85. The molecule has 0 aliphatic heterocycles. The van der Waals surface area contributed by atoms with Gasteiger partial charge in [0, 0.05) is 10.6 Å². The number of hydrogen-bond donors (Lipinski definition) is 3. The lowest BCUT2D eigenvalue weighted by molar-refractivity contribution is -0.117. The van der Waals surface area contributed by atoms with Crippen LogP contribution in [0, 0.1) is 11.3 Å². The predicted octanol–water partition coefficient (Wildman–Crippen LogP) is 2.57. The molecule has 0 aliphatic carbocycles. The van der Waals surface area contributed by atoms with E-state index in [4.69, 9.17) is 11.0 Å². The molecule has 0 fully saturated rings. The Kier molecular flexibility index (Phi) is 6.43. The molecule has 1 atom stereocenters. The second kappa shape index (κ2) is 8.76. The van der Waals surface area contributed by atoms with E-state index in [1.165, 1.54) is 11.8 Å². The fraction of sp³-hybridized carbons (Fsp3) is 0.167. The number of anilines is 2. The van der Waals surface area contributed by atoms with Crippen molar-refractivity contribution in [3.63, 3.8) is 0 Å². The van der Waals surface area contributed by atoms with Gasteiger partial charge in [0.25, 0.3) is 0 Å². The number of carbonyl (C=O) groups is 2. The Morgan fingerprint density at radius 2 is 1.80 bits per heavy atom. The van der Waals surface area contributed by atoms with E-state index in [1.807, 2.05) is 30.3 Å². The number of nitriles is 1. The highest BCUT2D eigenvalue weighted by Crippen LogP contribution is 2.27. The number of thioether (sulfide) groups is 1. The molecule has 0 spiro atoms. The molecule has 0 aliphatic rings. The standard InChI is InChI=1S/C18H18N4O2S/c1-12(18(24)22-14-7-3-2-6-13(14)10-19)21-15-8-4-5-9-16(15)25-11-17(20)23/h2-9,12,21H,11H2,1H3,(H2,20,23)(H,22,24)/t12-/m0/s1. The molecule has 0 heterocycles. The third kappa shape index (κ3) is 5.26. The summed E-state index contributed by atoms with van der Waals surface area (Å²) in [5.74, 6) is -0.509. The van der Waals surface area contributed by atoms with E-state index in [9.17, 15) is 9.59 Å². The summed E-state index contributed by atoms with van der Waals surface area (Å²) >= 11 is 1.31. The van der Waals surface area contributed by atoms with Crippen LogP contribution in [0.4, 0.5) is 11.4 Å². The first-order chi connectivity index (χ1) is 12.0. The van der Waals surface area contributed by atoms with Gasteiger partial charge >= 0.3 is 0 Å². The lowest BCUT2D eigenvalue weighted by Crippen LogP contribution is -2.32. The van der Waals surface area contributed by atoms with Gasteiger partial charge in [0.05, 0.1) is 17.0 Å². The molecule has 0 saturated heterocycles. The smallest absolute Gasteiger partial charge is 0.246 e. The zero-order valence-corrected chi connectivity index (χ0v) is 14.5. The van der Waals surface area contributed by atoms with Crippen LogP contribution in [0.3, 0.4) is 0 Å². The number of nitrogens with one attached hydrogen (secondary N) is 2. The van der Waals surface area contributed by atoms with Crippen molar-refractivity contribution in [1.29, 1.82) is 5.26 Å². The van der Waals surface area contributed by atoms with E-state index in [0.29, 0.717) is 11.3 Å². The molecule has 6 nitrogen and oxygen atoms in total. The van der Waals surface area contributed by atoms with Gasteiger partial charge < -0.3 is 16.4 Å². The summed E-state index contributed by atoms with van der Waals surface area (Å²) in [4.78, 5) is 24.2. The molecular formula is C18H18N4O2S. The molecule has 0 bridgehead atoms. The largest absolute Gasteiger partial charge is 0.373 e. The first-order valence-electron chi connectivity index (χ1n) is 7.58. The van der Waals surface area contributed by atoms with Gasteiger partial charge in [-0.3, -0.25) is 9.59 Å². The quantitative estimate of drug-likeness (QED) is 0.662. The molecule has 128 valence electrons. The first-order valence-corrected chi connectivity index (χ1v) is 8.56. The molecule has 2 rings (SSSR count). The van der Waals surface area contributed by atoms with Crippen molar-refractivity contribution in [1.82, 2.24) is 0 Å². The SMILES string of the molecule is C[C@H](Nc1ccccc1SCC(N)=O)C(=O)Nc1ccccc1C#N. The average molecular weight is 354 g/mol. The number of nitrogens with zero attached hydrogens (tertiary/aromatic N) is 1. The fourth-order valence-electron chi connectivity index (χ4n) is 2.09. The van der Waals surface area contributed by atoms with Gasteiger partial charge in [0.1, 0.15) is 12.1 Å². The highest BCUT2D eigenvalue weighted by molar-refractivity contribution is 8.00. The molecule has 4 N–H and O–H groups in total. The second-order valence-electron chi connectivity index (χ2n) is 5.26. The van der Waals surface area contributed by atoms with Crippen LogP contribution < -0.4 is 16.4 Å². The van der Waals surface area contributed by atoms with E-state index in [1.54, 1.807) is 31.2 Å². The molecule has 0 aromatic heterocycles. The average Bonchev–Trinajstić information content (AvgIpc) is 2.61. The van der Waals surface area contributed by atoms with Gasteiger partial charge in [0.2, 0.25) is 11.8 Å². The third-order valence-electron chi connectivity index (χ3n) is 3.33. The van der Waals surface area contributed by atoms with E-state index >= 15 is 0 Å². The lowest BCUT2D eigenvalue weighted by atomic mass is 10.2. The summed E-state index contributed by atoms with van der Waals surface area (Å²) < 4.78 is 0. The first kappa shape index (κ1) is 18.4. The molecule has 2 aromatic carbocycles. The molecule has 7 heteroatoms. The summed E-state index contributed by atoms with van der Waals surface area (Å²) in [5, 5.41) is 15.0. The van der Waals surface area contributed by atoms with E-state index in [0.717, 1.165) is 10.6 Å². The van der Waals surface area contributed by atoms with Crippen LogP contribution in [-0.4, -0.2) is 23.6 Å². The van der Waals surface area contributed by atoms with Gasteiger partial charge in [-0.2, -0.15) is 5.26 Å². The minimum absolute atomic E-state index is 0.162. The number of rotatable bonds is 7. The molecule has 0 radical (unpaired) electrons. The van der Waals surface area contributed by atoms with Gasteiger partial charge in [0.15, 0.2) is 0 Å². The van der Waals surface area contributed by atoms with Crippen molar-refractivity contribution < 1.29 is 9.59 Å². The number of primary amides is 1. The predicted molar refractivity (Wildman–Crippen MR) is 99.2 cm³/mol. The van der Waals surface area contributed by atoms with Crippen molar-refractivity contribution in [2.75, 3.05) is 16.4 Å². The Balaban J connectivity index is 2.06. The Hall–Kier alpha value is -2.98. The zero-order valence-electron chi connectivity index (χ0n) is 13.7. The summed E-state index contributed by atoms with van der Waals surface area (Å²) in [6.45, 7) is 1.72. The van der Waals surface area contributed by atoms with Crippen LogP contribution >= 0.6 is 11.8 Å². The second-order valence-corrected chi connectivity index (χ2v) is 6.28. The Bertz CT molecular complexity index is 817. The topological polar surface area (TPSA) is 108 Å². The van der Waals surface area contributed by atoms with Crippen molar-refractivity contribution in [2.45, 2.75) is 17.9 Å². The van der Waals surface area contributed by atoms with E-state index in [-0.39, 0.29) is 11.7 Å². The van der Waals surface area contributed by atoms with Crippen LogP contribution in [-0.2, 0) is 9.59 Å². The van der Waals surface area contributed by atoms with Gasteiger partial charge in [-0.25, -0.2) is 0 Å². The number of benzene rings is 2. The maximum absolute atomic E-state index is 12.4. The van der Waals surface area contributed by atoms with Gasteiger partial charge in [-0.15, -0.1) is 11.8 Å². The minimum Gasteiger partial charge on any atom is -0.373 e. The van der Waals surface area contributed by atoms with Crippen LogP contribution in [0.25, 0.3) is 0 Å². The molecule has 0 unspecified atom stereocenters. The van der Waals surface area contributed by atoms with Crippen molar-refractivity contribution in [2.24, 2.45) is 5.73 Å². The van der Waals surface area contributed by atoms with Gasteiger partial charge in [-0.05, 0) is 31.2 Å². The Morgan fingerprint density at radius 3 is 2.48 bits per heavy atom. The van der Waals surface area contributed by atoms with Crippen LogP contribution in [0.15, 0.2) is 53.4 Å². The van der Waals surface area contributed by atoms with Crippen LogP contribution in [0.5, 0.6) is 0 Å². The monoisotopic (exact) mass is 354 g/mol. The lowest BCUT2D eigenvalue weighted by Gasteiger charge is -2.18. The Labute approximate surface area is 150 Å².